The summed E-state index contributed by atoms with van der Waals surface area (Å²) in [6, 6.07) is 7.94. The van der Waals surface area contributed by atoms with E-state index in [-0.39, 0.29) is 23.2 Å². The van der Waals surface area contributed by atoms with Crippen LogP contribution in [-0.2, 0) is 0 Å². The second-order valence-electron chi connectivity index (χ2n) is 6.06. The van der Waals surface area contributed by atoms with E-state index in [1.165, 1.54) is 6.07 Å². The van der Waals surface area contributed by atoms with Crippen LogP contribution in [0.5, 0.6) is 0 Å². The number of likely N-dealkylation sites (N-methyl/N-ethyl adjacent to an activating group) is 1. The van der Waals surface area contributed by atoms with Crippen LogP contribution < -0.4 is 10.2 Å². The molecule has 0 fully saturated rings. The van der Waals surface area contributed by atoms with E-state index >= 15 is 0 Å². The van der Waals surface area contributed by atoms with E-state index in [1.807, 2.05) is 25.1 Å². The fraction of sp³-hybridized carbons (Fsp3) is 0.353. The zero-order valence-corrected chi connectivity index (χ0v) is 14.7. The molecule has 8 heteroatoms. The molecule has 0 aliphatic carbocycles. The summed E-state index contributed by atoms with van der Waals surface area (Å²) in [4.78, 5) is 26.7. The van der Waals surface area contributed by atoms with Gasteiger partial charge in [-0.15, -0.1) is 0 Å². The highest BCUT2D eigenvalue weighted by atomic mass is 16.6. The van der Waals surface area contributed by atoms with Crippen molar-refractivity contribution in [3.8, 4) is 0 Å². The molecule has 1 aromatic carbocycles. The first-order valence-corrected chi connectivity index (χ1v) is 7.75. The van der Waals surface area contributed by atoms with Crippen LogP contribution >= 0.6 is 0 Å². The quantitative estimate of drug-likeness (QED) is 0.611. The highest BCUT2D eigenvalue weighted by molar-refractivity contribution is 5.95. The standard InChI is InChI=1S/C17H22N4O4/c1-19(2)13-8-7-12(10-14(13)21(23)24)17(22)18-11-15(20(3)4)16-6-5-9-25-16/h5-10,15H,11H2,1-4H3,(H,18,22). The Morgan fingerprint density at radius 1 is 1.28 bits per heavy atom. The van der Waals surface area contributed by atoms with Crippen molar-refractivity contribution in [2.45, 2.75) is 6.04 Å². The van der Waals surface area contributed by atoms with Gasteiger partial charge < -0.3 is 14.6 Å². The van der Waals surface area contributed by atoms with Crippen LogP contribution in [0.3, 0.4) is 0 Å². The van der Waals surface area contributed by atoms with Gasteiger partial charge in [0.1, 0.15) is 11.4 Å². The summed E-state index contributed by atoms with van der Waals surface area (Å²) < 4.78 is 5.40. The molecule has 0 aliphatic heterocycles. The molecule has 1 unspecified atom stereocenters. The Morgan fingerprint density at radius 2 is 2.00 bits per heavy atom. The molecule has 1 heterocycles. The third-order valence-corrected chi connectivity index (χ3v) is 3.87. The Morgan fingerprint density at radius 3 is 2.52 bits per heavy atom. The normalized spacial score (nSPS) is 12.0. The van der Waals surface area contributed by atoms with Crippen LogP contribution in [0, 0.1) is 10.1 Å². The highest BCUT2D eigenvalue weighted by Gasteiger charge is 2.21. The lowest BCUT2D eigenvalue weighted by atomic mass is 10.1. The summed E-state index contributed by atoms with van der Waals surface area (Å²) in [5.74, 6) is 0.367. The van der Waals surface area contributed by atoms with Crippen LogP contribution in [0.15, 0.2) is 41.0 Å². The summed E-state index contributed by atoms with van der Waals surface area (Å²) >= 11 is 0. The smallest absolute Gasteiger partial charge is 0.293 e. The summed E-state index contributed by atoms with van der Waals surface area (Å²) in [7, 11) is 7.20. The van der Waals surface area contributed by atoms with Gasteiger partial charge in [-0.2, -0.15) is 0 Å². The SMILES string of the molecule is CN(C)c1ccc(C(=O)NCC(c2ccco2)N(C)C)cc1[N+](=O)[O-]. The number of nitrogens with one attached hydrogen (secondary N) is 1. The molecule has 0 bridgehead atoms. The molecule has 0 aliphatic rings. The van der Waals surface area contributed by atoms with E-state index in [4.69, 9.17) is 4.42 Å². The number of rotatable bonds is 7. The van der Waals surface area contributed by atoms with Crippen molar-refractivity contribution in [3.05, 3.63) is 58.0 Å². The predicted octanol–water partition coefficient (Wildman–Crippen LogP) is 2.29. The maximum absolute atomic E-state index is 12.4. The average molecular weight is 346 g/mol. The minimum atomic E-state index is -0.489. The van der Waals surface area contributed by atoms with Gasteiger partial charge in [-0.25, -0.2) is 0 Å². The Labute approximate surface area is 146 Å². The first kappa shape index (κ1) is 18.5. The monoisotopic (exact) mass is 346 g/mol. The topological polar surface area (TPSA) is 91.9 Å². The lowest BCUT2D eigenvalue weighted by Gasteiger charge is -2.22. The summed E-state index contributed by atoms with van der Waals surface area (Å²) in [6.45, 7) is 0.322. The first-order valence-electron chi connectivity index (χ1n) is 7.75. The van der Waals surface area contributed by atoms with E-state index in [2.05, 4.69) is 5.32 Å². The van der Waals surface area contributed by atoms with Gasteiger partial charge in [-0.1, -0.05) is 0 Å². The average Bonchev–Trinajstić information content (AvgIpc) is 3.07. The molecule has 134 valence electrons. The van der Waals surface area contributed by atoms with Gasteiger partial charge in [-0.3, -0.25) is 19.8 Å². The Balaban J connectivity index is 2.15. The molecule has 0 spiro atoms. The van der Waals surface area contributed by atoms with Crippen molar-refractivity contribution in [2.24, 2.45) is 0 Å². The second-order valence-corrected chi connectivity index (χ2v) is 6.06. The zero-order valence-electron chi connectivity index (χ0n) is 14.7. The number of furan rings is 1. The van der Waals surface area contributed by atoms with Gasteiger partial charge in [0.25, 0.3) is 11.6 Å². The van der Waals surface area contributed by atoms with Gasteiger partial charge in [-0.05, 0) is 38.4 Å². The molecular formula is C17H22N4O4. The second kappa shape index (κ2) is 7.80. The molecule has 0 saturated heterocycles. The zero-order chi connectivity index (χ0) is 18.6. The number of nitro groups is 1. The van der Waals surface area contributed by atoms with Crippen molar-refractivity contribution in [3.63, 3.8) is 0 Å². The molecular weight excluding hydrogens is 324 g/mol. The Hall–Kier alpha value is -2.87. The molecule has 8 nitrogen and oxygen atoms in total. The molecule has 1 N–H and O–H groups in total. The first-order chi connectivity index (χ1) is 11.8. The number of hydrogen-bond acceptors (Lipinski definition) is 6. The van der Waals surface area contributed by atoms with Gasteiger partial charge in [0.2, 0.25) is 0 Å². The molecule has 1 aromatic heterocycles. The molecule has 1 atom stereocenters. The van der Waals surface area contributed by atoms with Crippen LogP contribution in [0.2, 0.25) is 0 Å². The van der Waals surface area contributed by atoms with Crippen molar-refractivity contribution in [1.82, 2.24) is 10.2 Å². The van der Waals surface area contributed by atoms with E-state index < -0.39 is 4.92 Å². The van der Waals surface area contributed by atoms with Crippen molar-refractivity contribution < 1.29 is 14.1 Å². The van der Waals surface area contributed by atoms with Gasteiger partial charge >= 0.3 is 0 Å². The van der Waals surface area contributed by atoms with E-state index in [1.54, 1.807) is 43.5 Å². The lowest BCUT2D eigenvalue weighted by molar-refractivity contribution is -0.384. The number of carbonyl (C=O) groups excluding carboxylic acids is 1. The van der Waals surface area contributed by atoms with E-state index in [9.17, 15) is 14.9 Å². The maximum atomic E-state index is 12.4. The number of carbonyl (C=O) groups is 1. The van der Waals surface area contributed by atoms with Crippen molar-refractivity contribution in [2.75, 3.05) is 39.6 Å². The third kappa shape index (κ3) is 4.36. The molecule has 0 saturated carbocycles. The number of nitrogens with zero attached hydrogens (tertiary/aromatic N) is 3. The fourth-order valence-electron chi connectivity index (χ4n) is 2.50. The van der Waals surface area contributed by atoms with E-state index in [0.717, 1.165) is 5.76 Å². The van der Waals surface area contributed by atoms with Crippen LogP contribution in [0.25, 0.3) is 0 Å². The summed E-state index contributed by atoms with van der Waals surface area (Å²) in [5.41, 5.74) is 0.588. The number of nitro benzene ring substituents is 1. The number of hydrogen-bond donors (Lipinski definition) is 1. The maximum Gasteiger partial charge on any atom is 0.293 e. The minimum Gasteiger partial charge on any atom is -0.468 e. The van der Waals surface area contributed by atoms with Crippen molar-refractivity contribution in [1.29, 1.82) is 0 Å². The number of benzene rings is 1. The molecule has 1 amide bonds. The number of anilines is 1. The Kier molecular flexibility index (Phi) is 5.76. The lowest BCUT2D eigenvalue weighted by Crippen LogP contribution is -2.34. The number of amides is 1. The summed E-state index contributed by atoms with van der Waals surface area (Å²) in [5, 5.41) is 14.0. The minimum absolute atomic E-state index is 0.104. The largest absolute Gasteiger partial charge is 0.468 e. The summed E-state index contributed by atoms with van der Waals surface area (Å²) in [6.07, 6.45) is 1.58. The van der Waals surface area contributed by atoms with Crippen LogP contribution in [0.1, 0.15) is 22.2 Å². The van der Waals surface area contributed by atoms with Gasteiger partial charge in [0, 0.05) is 32.3 Å². The third-order valence-electron chi connectivity index (χ3n) is 3.87. The Bertz CT molecular complexity index is 741. The van der Waals surface area contributed by atoms with Crippen LogP contribution in [0.4, 0.5) is 11.4 Å². The van der Waals surface area contributed by atoms with Gasteiger partial charge in [0.05, 0.1) is 17.2 Å². The fourth-order valence-corrected chi connectivity index (χ4v) is 2.50. The van der Waals surface area contributed by atoms with Crippen LogP contribution in [-0.4, -0.2) is 50.5 Å². The highest BCUT2D eigenvalue weighted by Crippen LogP contribution is 2.27. The predicted molar refractivity (Wildman–Crippen MR) is 94.9 cm³/mol. The van der Waals surface area contributed by atoms with Crippen molar-refractivity contribution >= 4 is 17.3 Å². The molecule has 2 aromatic rings. The molecule has 25 heavy (non-hydrogen) atoms. The molecule has 2 rings (SSSR count). The van der Waals surface area contributed by atoms with E-state index in [0.29, 0.717) is 12.2 Å². The molecule has 0 radical (unpaired) electrons. The van der Waals surface area contributed by atoms with Gasteiger partial charge in [0.15, 0.2) is 0 Å².